The third-order valence-electron chi connectivity index (χ3n) is 5.73. The van der Waals surface area contributed by atoms with Gasteiger partial charge in [-0.1, -0.05) is 6.07 Å². The highest BCUT2D eigenvalue weighted by Gasteiger charge is 2.39. The van der Waals surface area contributed by atoms with Gasteiger partial charge in [0.05, 0.1) is 16.2 Å². The molecule has 0 aliphatic heterocycles. The van der Waals surface area contributed by atoms with Crippen molar-refractivity contribution in [3.63, 3.8) is 0 Å². The molecular formula is C23H19F4N3O2S2. The van der Waals surface area contributed by atoms with Crippen molar-refractivity contribution in [2.45, 2.75) is 36.4 Å². The predicted molar refractivity (Wildman–Crippen MR) is 121 cm³/mol. The van der Waals surface area contributed by atoms with Gasteiger partial charge in [0.15, 0.2) is 4.96 Å². The standard InChI is InChI=1S/C23H19F4N3O2S2/c24-17-6-4-15(5-7-17)21-13-29-19(14-33-22(29)28-21)10-11-30(18-8-9-18)34(31,32)20-3-1-2-16(12-20)23(25,26)27/h1-7,12-14,18H,8-11H2. The van der Waals surface area contributed by atoms with E-state index in [2.05, 4.69) is 4.98 Å². The fourth-order valence-corrected chi connectivity index (χ4v) is 6.46. The molecule has 5 rings (SSSR count). The van der Waals surface area contributed by atoms with E-state index in [1.807, 2.05) is 16.0 Å². The van der Waals surface area contributed by atoms with Crippen molar-refractivity contribution in [2.75, 3.05) is 6.54 Å². The summed E-state index contributed by atoms with van der Waals surface area (Å²) in [5, 5.41) is 1.89. The van der Waals surface area contributed by atoms with E-state index in [0.717, 1.165) is 23.4 Å². The first kappa shape index (κ1) is 23.0. The van der Waals surface area contributed by atoms with Gasteiger partial charge in [-0.3, -0.25) is 4.40 Å². The van der Waals surface area contributed by atoms with Crippen LogP contribution >= 0.6 is 11.3 Å². The molecule has 178 valence electrons. The first-order valence-corrected chi connectivity index (χ1v) is 12.9. The lowest BCUT2D eigenvalue weighted by Gasteiger charge is -2.22. The zero-order chi connectivity index (χ0) is 24.1. The average Bonchev–Trinajstić information content (AvgIpc) is 3.42. The second-order valence-electron chi connectivity index (χ2n) is 8.14. The van der Waals surface area contributed by atoms with Crippen molar-refractivity contribution in [3.05, 3.63) is 77.2 Å². The summed E-state index contributed by atoms with van der Waals surface area (Å²) < 4.78 is 82.2. The number of rotatable bonds is 7. The highest BCUT2D eigenvalue weighted by molar-refractivity contribution is 7.89. The third-order valence-corrected chi connectivity index (χ3v) is 8.57. The summed E-state index contributed by atoms with van der Waals surface area (Å²) in [7, 11) is -4.09. The molecule has 4 aromatic rings. The van der Waals surface area contributed by atoms with Gasteiger partial charge in [-0.2, -0.15) is 17.5 Å². The molecule has 0 atom stereocenters. The molecule has 34 heavy (non-hydrogen) atoms. The number of aromatic nitrogens is 2. The van der Waals surface area contributed by atoms with Crippen molar-refractivity contribution < 1.29 is 26.0 Å². The molecule has 0 N–H and O–H groups in total. The number of benzene rings is 2. The molecule has 0 saturated heterocycles. The zero-order valence-corrected chi connectivity index (χ0v) is 19.3. The fourth-order valence-electron chi connectivity index (χ4n) is 3.82. The fraction of sp³-hybridized carbons (Fsp3) is 0.261. The maximum Gasteiger partial charge on any atom is 0.416 e. The van der Waals surface area contributed by atoms with Gasteiger partial charge < -0.3 is 0 Å². The second-order valence-corrected chi connectivity index (χ2v) is 10.9. The molecule has 1 saturated carbocycles. The number of sulfonamides is 1. The van der Waals surface area contributed by atoms with Gasteiger partial charge in [0.25, 0.3) is 0 Å². The summed E-state index contributed by atoms with van der Waals surface area (Å²) in [6, 6.07) is 9.64. The Labute approximate surface area is 197 Å². The summed E-state index contributed by atoms with van der Waals surface area (Å²) >= 11 is 1.40. The Kier molecular flexibility index (Phi) is 5.73. The number of fused-ring (bicyclic) bond motifs is 1. The van der Waals surface area contributed by atoms with Crippen LogP contribution in [0, 0.1) is 5.82 Å². The maximum atomic E-state index is 13.2. The summed E-state index contributed by atoms with van der Waals surface area (Å²) in [6.07, 6.45) is -1.08. The van der Waals surface area contributed by atoms with Crippen LogP contribution in [-0.2, 0) is 22.6 Å². The molecule has 0 spiro atoms. The van der Waals surface area contributed by atoms with Crippen LogP contribution in [-0.4, -0.2) is 34.7 Å². The Balaban J connectivity index is 1.39. The van der Waals surface area contributed by atoms with E-state index < -0.39 is 21.8 Å². The third kappa shape index (κ3) is 4.47. The number of nitrogens with zero attached hydrogens (tertiary/aromatic N) is 3. The van der Waals surface area contributed by atoms with Crippen molar-refractivity contribution >= 4 is 26.3 Å². The lowest BCUT2D eigenvalue weighted by atomic mass is 10.2. The number of halogens is 4. The molecule has 2 aromatic carbocycles. The van der Waals surface area contributed by atoms with Crippen LogP contribution in [0.2, 0.25) is 0 Å². The van der Waals surface area contributed by atoms with Gasteiger partial charge in [0, 0.05) is 41.8 Å². The van der Waals surface area contributed by atoms with Crippen LogP contribution in [0.4, 0.5) is 17.6 Å². The van der Waals surface area contributed by atoms with Gasteiger partial charge in [0.2, 0.25) is 10.0 Å². The van der Waals surface area contributed by atoms with Gasteiger partial charge in [0.1, 0.15) is 5.82 Å². The molecule has 2 aromatic heterocycles. The van der Waals surface area contributed by atoms with E-state index in [0.29, 0.717) is 36.0 Å². The first-order valence-electron chi connectivity index (χ1n) is 10.5. The summed E-state index contributed by atoms with van der Waals surface area (Å²) in [5.41, 5.74) is 1.28. The van der Waals surface area contributed by atoms with Gasteiger partial charge in [-0.05, 0) is 55.3 Å². The first-order chi connectivity index (χ1) is 16.1. The van der Waals surface area contributed by atoms with Crippen molar-refractivity contribution in [1.29, 1.82) is 0 Å². The molecular weight excluding hydrogens is 490 g/mol. The number of hydrogen-bond donors (Lipinski definition) is 0. The minimum Gasteiger partial charge on any atom is -0.294 e. The van der Waals surface area contributed by atoms with E-state index in [9.17, 15) is 26.0 Å². The minimum absolute atomic E-state index is 0.138. The summed E-state index contributed by atoms with van der Waals surface area (Å²) in [6.45, 7) is 0.138. The smallest absolute Gasteiger partial charge is 0.294 e. The molecule has 0 bridgehead atoms. The van der Waals surface area contributed by atoms with Crippen molar-refractivity contribution in [1.82, 2.24) is 13.7 Å². The Bertz CT molecular complexity index is 1440. The maximum absolute atomic E-state index is 13.2. The normalized spacial score (nSPS) is 14.9. The lowest BCUT2D eigenvalue weighted by Crippen LogP contribution is -2.35. The van der Waals surface area contributed by atoms with Crippen molar-refractivity contribution in [3.8, 4) is 11.3 Å². The molecule has 1 fully saturated rings. The lowest BCUT2D eigenvalue weighted by molar-refractivity contribution is -0.137. The monoisotopic (exact) mass is 509 g/mol. The molecule has 0 radical (unpaired) electrons. The highest BCUT2D eigenvalue weighted by Crippen LogP contribution is 2.35. The van der Waals surface area contributed by atoms with Gasteiger partial charge >= 0.3 is 6.18 Å². The molecule has 11 heteroatoms. The van der Waals surface area contributed by atoms with E-state index in [-0.39, 0.29) is 23.3 Å². The minimum atomic E-state index is -4.62. The van der Waals surface area contributed by atoms with Crippen LogP contribution in [0.1, 0.15) is 24.1 Å². The second kappa shape index (κ2) is 8.47. The number of imidazole rings is 1. The molecule has 5 nitrogen and oxygen atoms in total. The van der Waals surface area contributed by atoms with Gasteiger partial charge in [-0.15, -0.1) is 11.3 Å². The summed E-state index contributed by atoms with van der Waals surface area (Å²) in [4.78, 5) is 4.92. The average molecular weight is 510 g/mol. The SMILES string of the molecule is O=S(=O)(c1cccc(C(F)(F)F)c1)N(CCc1csc2nc(-c3ccc(F)cc3)cn12)C1CC1. The molecule has 2 heterocycles. The highest BCUT2D eigenvalue weighted by atomic mass is 32.2. The molecule has 0 amide bonds. The zero-order valence-electron chi connectivity index (χ0n) is 17.7. The van der Waals surface area contributed by atoms with Gasteiger partial charge in [-0.25, -0.2) is 17.8 Å². The van der Waals surface area contributed by atoms with Crippen molar-refractivity contribution in [2.24, 2.45) is 0 Å². The van der Waals surface area contributed by atoms with Crippen LogP contribution < -0.4 is 0 Å². The predicted octanol–water partition coefficient (Wildman–Crippen LogP) is 5.62. The topological polar surface area (TPSA) is 54.7 Å². The van der Waals surface area contributed by atoms with Crippen LogP contribution in [0.15, 0.2) is 65.0 Å². The van der Waals surface area contributed by atoms with Crippen LogP contribution in [0.5, 0.6) is 0 Å². The molecule has 0 unspecified atom stereocenters. The molecule has 1 aliphatic carbocycles. The van der Waals surface area contributed by atoms with Crippen LogP contribution in [0.25, 0.3) is 16.2 Å². The van der Waals surface area contributed by atoms with E-state index in [1.165, 1.54) is 33.8 Å². The summed E-state index contributed by atoms with van der Waals surface area (Å²) in [5.74, 6) is -0.340. The Morgan fingerprint density at radius 3 is 2.53 bits per heavy atom. The number of hydrogen-bond acceptors (Lipinski definition) is 4. The van der Waals surface area contributed by atoms with Crippen LogP contribution in [0.3, 0.4) is 0 Å². The quantitative estimate of drug-likeness (QED) is 0.304. The van der Waals surface area contributed by atoms with E-state index in [1.54, 1.807) is 12.1 Å². The Hall–Kier alpha value is -2.76. The largest absolute Gasteiger partial charge is 0.416 e. The van der Waals surface area contributed by atoms with E-state index in [4.69, 9.17) is 0 Å². The number of thiazole rings is 1. The van der Waals surface area contributed by atoms with E-state index >= 15 is 0 Å². The Morgan fingerprint density at radius 1 is 1.12 bits per heavy atom. The number of alkyl halides is 3. The Morgan fingerprint density at radius 2 is 1.85 bits per heavy atom. The molecule has 1 aliphatic rings.